The van der Waals surface area contributed by atoms with E-state index in [0.29, 0.717) is 11.1 Å². The van der Waals surface area contributed by atoms with Crippen molar-refractivity contribution >= 4 is 53.3 Å². The van der Waals surface area contributed by atoms with E-state index in [1.165, 1.54) is 5.56 Å². The smallest absolute Gasteiger partial charge is 0.262 e. The molecule has 0 aliphatic heterocycles. The van der Waals surface area contributed by atoms with Crippen molar-refractivity contribution in [2.75, 3.05) is 4.72 Å². The second-order valence-corrected chi connectivity index (χ2v) is 9.03. The predicted molar refractivity (Wildman–Crippen MR) is 115 cm³/mol. The Bertz CT molecular complexity index is 1240. The summed E-state index contributed by atoms with van der Waals surface area (Å²) < 4.78 is 29.7. The van der Waals surface area contributed by atoms with Gasteiger partial charge in [0.15, 0.2) is 0 Å². The number of hydrogen-bond donors (Lipinski definition) is 2. The van der Waals surface area contributed by atoms with Crippen molar-refractivity contribution in [3.8, 4) is 0 Å². The Balaban J connectivity index is 1.76. The maximum absolute atomic E-state index is 13.0. The SMILES string of the molecule is CCCc1c[nH]c2cc(NS(=O)(=O)c3cccc4ccccc34)cc(Br)c12. The van der Waals surface area contributed by atoms with Gasteiger partial charge >= 0.3 is 0 Å². The molecule has 0 radical (unpaired) electrons. The molecule has 138 valence electrons. The third kappa shape index (κ3) is 3.35. The van der Waals surface area contributed by atoms with Crippen LogP contribution in [0.15, 0.2) is 70.2 Å². The molecule has 0 spiro atoms. The summed E-state index contributed by atoms with van der Waals surface area (Å²) in [5, 5.41) is 2.70. The van der Waals surface area contributed by atoms with Crippen molar-refractivity contribution < 1.29 is 8.42 Å². The minimum Gasteiger partial charge on any atom is -0.361 e. The number of anilines is 1. The lowest BCUT2D eigenvalue weighted by Crippen LogP contribution is -2.13. The van der Waals surface area contributed by atoms with E-state index in [1.807, 2.05) is 48.7 Å². The molecule has 4 nitrogen and oxygen atoms in total. The molecule has 0 fully saturated rings. The van der Waals surface area contributed by atoms with E-state index in [2.05, 4.69) is 32.6 Å². The highest BCUT2D eigenvalue weighted by Crippen LogP contribution is 2.33. The molecule has 3 aromatic carbocycles. The van der Waals surface area contributed by atoms with Gasteiger partial charge in [0.25, 0.3) is 10.0 Å². The van der Waals surface area contributed by atoms with Gasteiger partial charge in [0, 0.05) is 27.0 Å². The second-order valence-electron chi connectivity index (χ2n) is 6.53. The molecule has 0 unspecified atom stereocenters. The van der Waals surface area contributed by atoms with E-state index in [4.69, 9.17) is 0 Å². The topological polar surface area (TPSA) is 62.0 Å². The first kappa shape index (κ1) is 18.1. The van der Waals surface area contributed by atoms with Crippen LogP contribution < -0.4 is 4.72 Å². The lowest BCUT2D eigenvalue weighted by atomic mass is 10.1. The van der Waals surface area contributed by atoms with Crippen LogP contribution in [0, 0.1) is 0 Å². The number of H-pyrrole nitrogens is 1. The zero-order valence-electron chi connectivity index (χ0n) is 14.8. The minimum absolute atomic E-state index is 0.273. The quantitative estimate of drug-likeness (QED) is 0.407. The summed E-state index contributed by atoms with van der Waals surface area (Å²) in [6.07, 6.45) is 4.01. The van der Waals surface area contributed by atoms with Crippen LogP contribution in [0.2, 0.25) is 0 Å². The Labute approximate surface area is 166 Å². The average molecular weight is 443 g/mol. The number of nitrogens with one attached hydrogen (secondary N) is 2. The van der Waals surface area contributed by atoms with Gasteiger partial charge in [-0.3, -0.25) is 4.72 Å². The normalized spacial score (nSPS) is 11.9. The lowest BCUT2D eigenvalue weighted by molar-refractivity contribution is 0.602. The minimum atomic E-state index is -3.71. The van der Waals surface area contributed by atoms with Crippen LogP contribution >= 0.6 is 15.9 Å². The van der Waals surface area contributed by atoms with E-state index in [-0.39, 0.29) is 4.90 Å². The summed E-state index contributed by atoms with van der Waals surface area (Å²) in [7, 11) is -3.71. The van der Waals surface area contributed by atoms with Crippen LogP contribution in [0.25, 0.3) is 21.7 Å². The maximum atomic E-state index is 13.0. The summed E-state index contributed by atoms with van der Waals surface area (Å²) in [5.74, 6) is 0. The monoisotopic (exact) mass is 442 g/mol. The number of halogens is 1. The van der Waals surface area contributed by atoms with Crippen LogP contribution in [-0.2, 0) is 16.4 Å². The Kier molecular flexibility index (Phi) is 4.70. The van der Waals surface area contributed by atoms with E-state index in [1.54, 1.807) is 12.1 Å². The number of sulfonamides is 1. The number of benzene rings is 3. The third-order valence-electron chi connectivity index (χ3n) is 4.62. The average Bonchev–Trinajstić information content (AvgIpc) is 3.04. The van der Waals surface area contributed by atoms with Gasteiger partial charge in [0.1, 0.15) is 0 Å². The molecule has 4 aromatic rings. The molecule has 2 N–H and O–H groups in total. The molecular formula is C21H19BrN2O2S. The summed E-state index contributed by atoms with van der Waals surface area (Å²) >= 11 is 3.60. The molecule has 0 bridgehead atoms. The molecule has 1 heterocycles. The van der Waals surface area contributed by atoms with Gasteiger partial charge in [-0.25, -0.2) is 8.42 Å². The predicted octanol–water partition coefficient (Wildman–Crippen LogP) is 5.84. The fourth-order valence-electron chi connectivity index (χ4n) is 3.45. The Hall–Kier alpha value is -2.31. The van der Waals surface area contributed by atoms with Crippen molar-refractivity contribution in [1.29, 1.82) is 0 Å². The van der Waals surface area contributed by atoms with Crippen LogP contribution in [0.1, 0.15) is 18.9 Å². The number of aromatic amines is 1. The highest BCUT2D eigenvalue weighted by atomic mass is 79.9. The highest BCUT2D eigenvalue weighted by molar-refractivity contribution is 9.10. The summed E-state index contributed by atoms with van der Waals surface area (Å²) in [5.41, 5.74) is 2.65. The van der Waals surface area contributed by atoms with Crippen molar-refractivity contribution in [2.24, 2.45) is 0 Å². The largest absolute Gasteiger partial charge is 0.361 e. The molecule has 0 saturated carbocycles. The van der Waals surface area contributed by atoms with Gasteiger partial charge in [-0.2, -0.15) is 0 Å². The molecule has 6 heteroatoms. The van der Waals surface area contributed by atoms with Gasteiger partial charge < -0.3 is 4.98 Å². The van der Waals surface area contributed by atoms with E-state index in [0.717, 1.165) is 33.6 Å². The van der Waals surface area contributed by atoms with Gasteiger partial charge in [-0.15, -0.1) is 0 Å². The van der Waals surface area contributed by atoms with Crippen molar-refractivity contribution in [3.63, 3.8) is 0 Å². The van der Waals surface area contributed by atoms with Crippen LogP contribution in [0.3, 0.4) is 0 Å². The molecule has 0 aliphatic rings. The first-order valence-electron chi connectivity index (χ1n) is 8.79. The van der Waals surface area contributed by atoms with Gasteiger partial charge in [0.2, 0.25) is 0 Å². The Morgan fingerprint density at radius 3 is 2.67 bits per heavy atom. The van der Waals surface area contributed by atoms with Crippen molar-refractivity contribution in [2.45, 2.75) is 24.7 Å². The van der Waals surface area contributed by atoms with Crippen LogP contribution in [0.5, 0.6) is 0 Å². The Morgan fingerprint density at radius 2 is 1.85 bits per heavy atom. The molecule has 27 heavy (non-hydrogen) atoms. The van der Waals surface area contributed by atoms with Gasteiger partial charge in [0.05, 0.1) is 10.6 Å². The van der Waals surface area contributed by atoms with Gasteiger partial charge in [-0.05, 0) is 35.6 Å². The number of aryl methyl sites for hydroxylation is 1. The highest BCUT2D eigenvalue weighted by Gasteiger charge is 2.18. The maximum Gasteiger partial charge on any atom is 0.262 e. The van der Waals surface area contributed by atoms with Crippen molar-refractivity contribution in [1.82, 2.24) is 4.98 Å². The van der Waals surface area contributed by atoms with Gasteiger partial charge in [-0.1, -0.05) is 65.7 Å². The number of rotatable bonds is 5. The van der Waals surface area contributed by atoms with E-state index >= 15 is 0 Å². The number of aromatic nitrogens is 1. The summed E-state index contributed by atoms with van der Waals surface area (Å²) in [6.45, 7) is 2.14. The zero-order chi connectivity index (χ0) is 19.0. The fraction of sp³-hybridized carbons (Fsp3) is 0.143. The molecular weight excluding hydrogens is 424 g/mol. The van der Waals surface area contributed by atoms with Crippen LogP contribution in [0.4, 0.5) is 5.69 Å². The standard InChI is InChI=1S/C21H19BrN2O2S/c1-2-6-15-13-23-19-12-16(11-18(22)21(15)19)24-27(25,26)20-10-5-8-14-7-3-4-9-17(14)20/h3-5,7-13,23-24H,2,6H2,1H3. The first-order chi connectivity index (χ1) is 13.0. The Morgan fingerprint density at radius 1 is 1.07 bits per heavy atom. The summed E-state index contributed by atoms with van der Waals surface area (Å²) in [6, 6.07) is 16.4. The second kappa shape index (κ2) is 7.02. The molecule has 0 aliphatic carbocycles. The summed E-state index contributed by atoms with van der Waals surface area (Å²) in [4.78, 5) is 3.52. The third-order valence-corrected chi connectivity index (χ3v) is 6.69. The zero-order valence-corrected chi connectivity index (χ0v) is 17.2. The molecule has 0 atom stereocenters. The molecule has 4 rings (SSSR count). The van der Waals surface area contributed by atoms with E-state index in [9.17, 15) is 8.42 Å². The molecule has 1 aromatic heterocycles. The van der Waals surface area contributed by atoms with E-state index < -0.39 is 10.0 Å². The number of hydrogen-bond acceptors (Lipinski definition) is 2. The van der Waals surface area contributed by atoms with Crippen molar-refractivity contribution in [3.05, 3.63) is 70.8 Å². The van der Waals surface area contributed by atoms with Crippen LogP contribution in [-0.4, -0.2) is 13.4 Å². The molecule has 0 amide bonds. The number of fused-ring (bicyclic) bond motifs is 2. The lowest BCUT2D eigenvalue weighted by Gasteiger charge is -2.11. The fourth-order valence-corrected chi connectivity index (χ4v) is 5.44. The molecule has 0 saturated heterocycles. The first-order valence-corrected chi connectivity index (χ1v) is 11.1.